The summed E-state index contributed by atoms with van der Waals surface area (Å²) in [6.45, 7) is 0.409. The number of carboxylic acids is 1. The van der Waals surface area contributed by atoms with E-state index in [4.69, 9.17) is 17.2 Å². The first-order valence-corrected chi connectivity index (χ1v) is 12.1. The van der Waals surface area contributed by atoms with Gasteiger partial charge in [0.1, 0.15) is 18.1 Å². The lowest BCUT2D eigenvalue weighted by Crippen LogP contribution is -2.58. The lowest BCUT2D eigenvalue weighted by atomic mass is 10.1. The SMILES string of the molecule is CSCCC(NC(=O)C(CS)NC(=O)C(N)CC(N)=O)C(=O)NC(CCCCN)C(=O)O. The predicted octanol–water partition coefficient (Wildman–Crippen LogP) is -2.46. The Morgan fingerprint density at radius 1 is 0.938 bits per heavy atom. The third kappa shape index (κ3) is 12.1. The number of nitrogens with one attached hydrogen (secondary N) is 3. The zero-order valence-corrected chi connectivity index (χ0v) is 19.8. The van der Waals surface area contributed by atoms with E-state index in [9.17, 15) is 29.1 Å². The van der Waals surface area contributed by atoms with Crippen LogP contribution in [0.4, 0.5) is 0 Å². The Kier molecular flexibility index (Phi) is 15.5. The van der Waals surface area contributed by atoms with Crippen molar-refractivity contribution in [1.29, 1.82) is 0 Å². The van der Waals surface area contributed by atoms with E-state index in [1.807, 2.05) is 6.26 Å². The summed E-state index contributed by atoms with van der Waals surface area (Å²) in [4.78, 5) is 59.8. The van der Waals surface area contributed by atoms with E-state index in [2.05, 4.69) is 28.6 Å². The molecule has 32 heavy (non-hydrogen) atoms. The fraction of sp³-hybridized carbons (Fsp3) is 0.722. The van der Waals surface area contributed by atoms with E-state index >= 15 is 0 Å². The minimum absolute atomic E-state index is 0.103. The molecule has 0 aliphatic carbocycles. The van der Waals surface area contributed by atoms with Gasteiger partial charge in [-0.2, -0.15) is 24.4 Å². The number of hydrogen-bond acceptors (Lipinski definition) is 9. The van der Waals surface area contributed by atoms with Crippen LogP contribution in [-0.2, 0) is 24.0 Å². The Labute approximate surface area is 196 Å². The van der Waals surface area contributed by atoms with E-state index in [-0.39, 0.29) is 18.6 Å². The van der Waals surface area contributed by atoms with Crippen LogP contribution in [0.25, 0.3) is 0 Å². The fourth-order valence-electron chi connectivity index (χ4n) is 2.58. The standard InChI is InChI=1S/C18H34N6O6S2/c1-32-7-5-11(16(27)23-12(18(29)30)4-2-3-6-19)22-17(28)13(9-31)24-15(26)10(20)8-14(21)25/h10-13,31H,2-9,19-20H2,1H3,(H2,21,25)(H,22,28)(H,23,27)(H,24,26)(H,29,30). The molecule has 0 aliphatic heterocycles. The summed E-state index contributed by atoms with van der Waals surface area (Å²) in [5.74, 6) is -3.66. The molecule has 0 saturated heterocycles. The second kappa shape index (κ2) is 16.6. The molecule has 0 bridgehead atoms. The van der Waals surface area contributed by atoms with E-state index in [0.29, 0.717) is 25.1 Å². The smallest absolute Gasteiger partial charge is 0.326 e. The zero-order valence-electron chi connectivity index (χ0n) is 18.0. The molecule has 4 atom stereocenters. The van der Waals surface area contributed by atoms with Crippen LogP contribution in [0.2, 0.25) is 0 Å². The van der Waals surface area contributed by atoms with Crippen molar-refractivity contribution in [2.75, 3.05) is 24.3 Å². The minimum Gasteiger partial charge on any atom is -0.480 e. The highest BCUT2D eigenvalue weighted by Crippen LogP contribution is 2.06. The van der Waals surface area contributed by atoms with Gasteiger partial charge in [0.2, 0.25) is 23.6 Å². The second-order valence-corrected chi connectivity index (χ2v) is 8.40. The Balaban J connectivity index is 5.18. The quantitative estimate of drug-likeness (QED) is 0.0792. The number of primary amides is 1. The molecule has 0 aromatic carbocycles. The van der Waals surface area contributed by atoms with Crippen LogP contribution in [0.15, 0.2) is 0 Å². The largest absolute Gasteiger partial charge is 0.480 e. The molecular weight excluding hydrogens is 460 g/mol. The first-order chi connectivity index (χ1) is 15.1. The number of amides is 4. The van der Waals surface area contributed by atoms with Crippen molar-refractivity contribution in [3.63, 3.8) is 0 Å². The molecule has 0 aliphatic rings. The van der Waals surface area contributed by atoms with E-state index in [0.717, 1.165) is 0 Å². The van der Waals surface area contributed by atoms with E-state index in [1.54, 1.807) is 0 Å². The highest BCUT2D eigenvalue weighted by molar-refractivity contribution is 7.98. The number of thiol groups is 1. The van der Waals surface area contributed by atoms with Gasteiger partial charge in [-0.15, -0.1) is 0 Å². The fourth-order valence-corrected chi connectivity index (χ4v) is 3.31. The lowest BCUT2D eigenvalue weighted by Gasteiger charge is -2.24. The summed E-state index contributed by atoms with van der Waals surface area (Å²) in [5.41, 5.74) is 16.0. The molecule has 14 heteroatoms. The molecule has 4 amide bonds. The average Bonchev–Trinajstić information content (AvgIpc) is 2.72. The lowest BCUT2D eigenvalue weighted by molar-refractivity contribution is -0.142. The van der Waals surface area contributed by atoms with Crippen LogP contribution in [0.1, 0.15) is 32.1 Å². The van der Waals surface area contributed by atoms with Crippen LogP contribution in [-0.4, -0.2) is 83.2 Å². The van der Waals surface area contributed by atoms with Crippen molar-refractivity contribution < 1.29 is 29.1 Å². The van der Waals surface area contributed by atoms with Gasteiger partial charge < -0.3 is 38.3 Å². The van der Waals surface area contributed by atoms with Crippen LogP contribution in [0.3, 0.4) is 0 Å². The Bertz CT molecular complexity index is 653. The Morgan fingerprint density at radius 3 is 2.00 bits per heavy atom. The molecule has 0 aromatic rings. The number of rotatable bonds is 17. The van der Waals surface area contributed by atoms with Gasteiger partial charge in [-0.3, -0.25) is 19.2 Å². The number of nitrogens with two attached hydrogens (primary N) is 3. The normalized spacial score (nSPS) is 14.5. The maximum Gasteiger partial charge on any atom is 0.326 e. The summed E-state index contributed by atoms with van der Waals surface area (Å²) in [5, 5.41) is 16.7. The number of aliphatic carboxylic acids is 1. The van der Waals surface area contributed by atoms with Gasteiger partial charge in [0.25, 0.3) is 0 Å². The van der Waals surface area contributed by atoms with Crippen LogP contribution in [0.5, 0.6) is 0 Å². The monoisotopic (exact) mass is 494 g/mol. The molecule has 12 nitrogen and oxygen atoms in total. The molecule has 0 saturated carbocycles. The summed E-state index contributed by atoms with van der Waals surface area (Å²) in [6, 6.07) is -4.50. The number of thioether (sulfide) groups is 1. The molecule has 0 aromatic heterocycles. The van der Waals surface area contributed by atoms with Crippen LogP contribution < -0.4 is 33.2 Å². The Hall–Kier alpha value is -2.03. The van der Waals surface area contributed by atoms with Gasteiger partial charge >= 0.3 is 5.97 Å². The van der Waals surface area contributed by atoms with Crippen LogP contribution >= 0.6 is 24.4 Å². The molecule has 10 N–H and O–H groups in total. The average molecular weight is 495 g/mol. The molecule has 0 rings (SSSR count). The van der Waals surface area contributed by atoms with Crippen molar-refractivity contribution in [1.82, 2.24) is 16.0 Å². The molecule has 0 spiro atoms. The second-order valence-electron chi connectivity index (χ2n) is 7.05. The summed E-state index contributed by atoms with van der Waals surface area (Å²) in [7, 11) is 0. The van der Waals surface area contributed by atoms with Crippen molar-refractivity contribution in [2.45, 2.75) is 56.3 Å². The molecule has 184 valence electrons. The predicted molar refractivity (Wildman–Crippen MR) is 125 cm³/mol. The first kappa shape index (κ1) is 30.0. The van der Waals surface area contributed by atoms with Gasteiger partial charge in [0, 0.05) is 5.75 Å². The highest BCUT2D eigenvalue weighted by atomic mass is 32.2. The summed E-state index contributed by atoms with van der Waals surface area (Å²) >= 11 is 5.49. The van der Waals surface area contributed by atoms with Gasteiger partial charge in [-0.25, -0.2) is 4.79 Å². The number of unbranched alkanes of at least 4 members (excludes halogenated alkanes) is 1. The van der Waals surface area contributed by atoms with Crippen molar-refractivity contribution in [3.05, 3.63) is 0 Å². The van der Waals surface area contributed by atoms with Crippen molar-refractivity contribution in [2.24, 2.45) is 17.2 Å². The van der Waals surface area contributed by atoms with E-state index in [1.165, 1.54) is 11.8 Å². The summed E-state index contributed by atoms with van der Waals surface area (Å²) in [6.07, 6.45) is 3.01. The van der Waals surface area contributed by atoms with Gasteiger partial charge in [0.15, 0.2) is 0 Å². The molecule has 0 radical (unpaired) electrons. The van der Waals surface area contributed by atoms with Crippen molar-refractivity contribution >= 4 is 54.0 Å². The van der Waals surface area contributed by atoms with Gasteiger partial charge in [-0.1, -0.05) is 0 Å². The first-order valence-electron chi connectivity index (χ1n) is 10.0. The molecule has 0 fully saturated rings. The number of hydrogen-bond donors (Lipinski definition) is 8. The number of carboxylic acid groups (broad SMARTS) is 1. The van der Waals surface area contributed by atoms with Gasteiger partial charge in [0.05, 0.1) is 12.5 Å². The van der Waals surface area contributed by atoms with E-state index < -0.39 is 60.2 Å². The van der Waals surface area contributed by atoms with Gasteiger partial charge in [-0.05, 0) is 44.2 Å². The van der Waals surface area contributed by atoms with Crippen LogP contribution in [0, 0.1) is 0 Å². The molecule has 0 heterocycles. The third-order valence-corrected chi connectivity index (χ3v) is 5.39. The molecule has 4 unspecified atom stereocenters. The maximum atomic E-state index is 12.7. The number of carbonyl (C=O) groups excluding carboxylic acids is 4. The third-order valence-electron chi connectivity index (χ3n) is 4.38. The van der Waals surface area contributed by atoms with Crippen molar-refractivity contribution in [3.8, 4) is 0 Å². The highest BCUT2D eigenvalue weighted by Gasteiger charge is 2.29. The zero-order chi connectivity index (χ0) is 24.7. The molecular formula is C18H34N6O6S2. The summed E-state index contributed by atoms with van der Waals surface area (Å²) < 4.78 is 0. The Morgan fingerprint density at radius 2 is 1.50 bits per heavy atom. The maximum absolute atomic E-state index is 12.7. The topological polar surface area (TPSA) is 220 Å². The minimum atomic E-state index is -1.23. The number of carbonyl (C=O) groups is 5.